The molecule has 0 bridgehead atoms. The van der Waals surface area contributed by atoms with Crippen LogP contribution in [0.25, 0.3) is 0 Å². The standard InChI is InChI=1S/C26H26N2O4/c1-19-9-6-7-13-22(19)26(15-23(29)27(2)18-21-12-8-14-32-21)16-24(30)28(25(26)31)17-20-10-4-3-5-11-20/h3-14H,15-18H2,1-2H3/t26-/m1/s1. The average Bonchev–Trinajstić information content (AvgIpc) is 3.37. The number of amides is 3. The highest BCUT2D eigenvalue weighted by atomic mass is 16.3. The third-order valence-corrected chi connectivity index (χ3v) is 6.10. The maximum Gasteiger partial charge on any atom is 0.241 e. The van der Waals surface area contributed by atoms with E-state index in [9.17, 15) is 14.4 Å². The van der Waals surface area contributed by atoms with Gasteiger partial charge in [0.25, 0.3) is 0 Å². The van der Waals surface area contributed by atoms with Crippen molar-refractivity contribution in [3.63, 3.8) is 0 Å². The first-order chi connectivity index (χ1) is 15.4. The number of furan rings is 1. The molecule has 0 unspecified atom stereocenters. The summed E-state index contributed by atoms with van der Waals surface area (Å²) < 4.78 is 5.35. The second kappa shape index (κ2) is 8.83. The molecule has 0 saturated carbocycles. The molecule has 164 valence electrons. The zero-order valence-electron chi connectivity index (χ0n) is 18.3. The highest BCUT2D eigenvalue weighted by Crippen LogP contribution is 2.42. The number of hydrogen-bond acceptors (Lipinski definition) is 4. The van der Waals surface area contributed by atoms with Crippen LogP contribution in [-0.4, -0.2) is 34.6 Å². The molecule has 4 rings (SSSR count). The van der Waals surface area contributed by atoms with E-state index in [0.717, 1.165) is 16.7 Å². The van der Waals surface area contributed by atoms with Crippen molar-refractivity contribution in [1.29, 1.82) is 0 Å². The molecule has 1 aliphatic rings. The summed E-state index contributed by atoms with van der Waals surface area (Å²) >= 11 is 0. The predicted octanol–water partition coefficient (Wildman–Crippen LogP) is 3.83. The van der Waals surface area contributed by atoms with Gasteiger partial charge in [0, 0.05) is 19.9 Å². The normalized spacial score (nSPS) is 18.2. The minimum Gasteiger partial charge on any atom is -0.467 e. The van der Waals surface area contributed by atoms with Crippen LogP contribution >= 0.6 is 0 Å². The summed E-state index contributed by atoms with van der Waals surface area (Å²) in [4.78, 5) is 42.9. The topological polar surface area (TPSA) is 70.8 Å². The molecule has 1 aliphatic heterocycles. The molecule has 0 radical (unpaired) electrons. The van der Waals surface area contributed by atoms with Crippen LogP contribution in [0.15, 0.2) is 77.4 Å². The number of benzene rings is 2. The third-order valence-electron chi connectivity index (χ3n) is 6.10. The molecular formula is C26H26N2O4. The quantitative estimate of drug-likeness (QED) is 0.534. The number of nitrogens with zero attached hydrogens (tertiary/aromatic N) is 2. The molecule has 1 fully saturated rings. The summed E-state index contributed by atoms with van der Waals surface area (Å²) in [6, 6.07) is 20.5. The predicted molar refractivity (Wildman–Crippen MR) is 119 cm³/mol. The molecule has 1 atom stereocenters. The number of hydrogen-bond donors (Lipinski definition) is 0. The fourth-order valence-electron chi connectivity index (χ4n) is 4.40. The van der Waals surface area contributed by atoms with Gasteiger partial charge >= 0.3 is 0 Å². The Balaban J connectivity index is 1.66. The molecule has 6 nitrogen and oxygen atoms in total. The molecule has 3 amide bonds. The molecule has 1 aromatic heterocycles. The number of carbonyl (C=O) groups excluding carboxylic acids is 3. The maximum atomic E-state index is 13.8. The largest absolute Gasteiger partial charge is 0.467 e. The van der Waals surface area contributed by atoms with E-state index in [0.29, 0.717) is 12.3 Å². The van der Waals surface area contributed by atoms with Gasteiger partial charge in [-0.3, -0.25) is 19.3 Å². The van der Waals surface area contributed by atoms with Crippen LogP contribution in [0.1, 0.15) is 35.3 Å². The molecule has 0 spiro atoms. The number of carbonyl (C=O) groups is 3. The first kappa shape index (κ1) is 21.6. The van der Waals surface area contributed by atoms with Crippen molar-refractivity contribution in [3.8, 4) is 0 Å². The number of aryl methyl sites for hydroxylation is 1. The van der Waals surface area contributed by atoms with Gasteiger partial charge in [0.1, 0.15) is 5.76 Å². The number of rotatable bonds is 7. The van der Waals surface area contributed by atoms with Crippen molar-refractivity contribution in [2.45, 2.75) is 38.3 Å². The maximum absolute atomic E-state index is 13.8. The Morgan fingerprint density at radius 2 is 1.75 bits per heavy atom. The highest BCUT2D eigenvalue weighted by molar-refractivity contribution is 6.10. The van der Waals surface area contributed by atoms with Gasteiger partial charge in [0.2, 0.25) is 17.7 Å². The minimum atomic E-state index is -1.22. The fraction of sp³-hybridized carbons (Fsp3) is 0.269. The van der Waals surface area contributed by atoms with Crippen LogP contribution in [0.4, 0.5) is 0 Å². The Labute approximate surface area is 187 Å². The van der Waals surface area contributed by atoms with Gasteiger partial charge in [-0.15, -0.1) is 0 Å². The molecule has 2 aromatic carbocycles. The number of likely N-dealkylation sites (tertiary alicyclic amines) is 1. The SMILES string of the molecule is Cc1ccccc1[C@@]1(CC(=O)N(C)Cc2ccco2)CC(=O)N(Cc2ccccc2)C1=O. The van der Waals surface area contributed by atoms with E-state index < -0.39 is 5.41 Å². The van der Waals surface area contributed by atoms with Crippen molar-refractivity contribution in [2.75, 3.05) is 7.05 Å². The van der Waals surface area contributed by atoms with Crippen molar-refractivity contribution >= 4 is 17.7 Å². The van der Waals surface area contributed by atoms with E-state index in [4.69, 9.17) is 4.42 Å². The molecule has 3 aromatic rings. The van der Waals surface area contributed by atoms with Crippen LogP contribution in [0.5, 0.6) is 0 Å². The summed E-state index contributed by atoms with van der Waals surface area (Å²) in [7, 11) is 1.68. The van der Waals surface area contributed by atoms with Gasteiger partial charge in [-0.2, -0.15) is 0 Å². The summed E-state index contributed by atoms with van der Waals surface area (Å²) in [5.41, 5.74) is 1.27. The molecular weight excluding hydrogens is 404 g/mol. The summed E-state index contributed by atoms with van der Waals surface area (Å²) in [6.07, 6.45) is 1.46. The Bertz CT molecular complexity index is 1120. The average molecular weight is 431 g/mol. The monoisotopic (exact) mass is 430 g/mol. The van der Waals surface area contributed by atoms with Gasteiger partial charge in [-0.05, 0) is 35.7 Å². The molecule has 1 saturated heterocycles. The Morgan fingerprint density at radius 3 is 2.44 bits per heavy atom. The first-order valence-electron chi connectivity index (χ1n) is 10.6. The van der Waals surface area contributed by atoms with Crippen LogP contribution in [-0.2, 0) is 32.9 Å². The van der Waals surface area contributed by atoms with E-state index in [1.807, 2.05) is 61.5 Å². The Morgan fingerprint density at radius 1 is 1.03 bits per heavy atom. The highest BCUT2D eigenvalue weighted by Gasteiger charge is 2.54. The molecule has 32 heavy (non-hydrogen) atoms. The van der Waals surface area contributed by atoms with Gasteiger partial charge in [0.05, 0.1) is 24.8 Å². The smallest absolute Gasteiger partial charge is 0.241 e. The van der Waals surface area contributed by atoms with Crippen LogP contribution < -0.4 is 0 Å². The van der Waals surface area contributed by atoms with Gasteiger partial charge in [-0.25, -0.2) is 0 Å². The number of imide groups is 1. The molecule has 0 N–H and O–H groups in total. The van der Waals surface area contributed by atoms with Gasteiger partial charge < -0.3 is 9.32 Å². The molecule has 6 heteroatoms. The second-order valence-corrected chi connectivity index (χ2v) is 8.35. The lowest BCUT2D eigenvalue weighted by molar-refractivity contribution is -0.143. The van der Waals surface area contributed by atoms with Crippen LogP contribution in [0.3, 0.4) is 0 Å². The lowest BCUT2D eigenvalue weighted by Gasteiger charge is -2.30. The van der Waals surface area contributed by atoms with E-state index in [-0.39, 0.29) is 37.1 Å². The third kappa shape index (κ3) is 4.08. The van der Waals surface area contributed by atoms with Crippen molar-refractivity contribution in [1.82, 2.24) is 9.80 Å². The zero-order valence-corrected chi connectivity index (χ0v) is 18.3. The summed E-state index contributed by atoms with van der Waals surface area (Å²) in [5.74, 6) is -0.137. The lowest BCUT2D eigenvalue weighted by atomic mass is 9.74. The first-order valence-corrected chi connectivity index (χ1v) is 10.6. The van der Waals surface area contributed by atoms with E-state index in [1.54, 1.807) is 25.4 Å². The van der Waals surface area contributed by atoms with Crippen molar-refractivity contribution in [2.24, 2.45) is 0 Å². The van der Waals surface area contributed by atoms with Crippen LogP contribution in [0, 0.1) is 6.92 Å². The fourth-order valence-corrected chi connectivity index (χ4v) is 4.40. The van der Waals surface area contributed by atoms with E-state index in [1.165, 1.54) is 9.80 Å². The summed E-state index contributed by atoms with van der Waals surface area (Å²) in [5, 5.41) is 0. The van der Waals surface area contributed by atoms with E-state index >= 15 is 0 Å². The van der Waals surface area contributed by atoms with Gasteiger partial charge in [-0.1, -0.05) is 54.6 Å². The van der Waals surface area contributed by atoms with E-state index in [2.05, 4.69) is 0 Å². The Hall–Kier alpha value is -3.67. The Kier molecular flexibility index (Phi) is 5.95. The minimum absolute atomic E-state index is 0.0240. The lowest BCUT2D eigenvalue weighted by Crippen LogP contribution is -2.42. The zero-order chi connectivity index (χ0) is 22.7. The molecule has 2 heterocycles. The van der Waals surface area contributed by atoms with Crippen molar-refractivity contribution in [3.05, 3.63) is 95.4 Å². The van der Waals surface area contributed by atoms with Crippen molar-refractivity contribution < 1.29 is 18.8 Å². The molecule has 0 aliphatic carbocycles. The summed E-state index contributed by atoms with van der Waals surface area (Å²) in [6.45, 7) is 2.40. The van der Waals surface area contributed by atoms with Gasteiger partial charge in [0.15, 0.2) is 0 Å². The second-order valence-electron chi connectivity index (χ2n) is 8.35. The van der Waals surface area contributed by atoms with Crippen LogP contribution in [0.2, 0.25) is 0 Å².